The Kier molecular flexibility index (Phi) is 60.1. The van der Waals surface area contributed by atoms with Crippen LogP contribution in [0.4, 0.5) is 0 Å². The molecule has 438 valence electrons. The van der Waals surface area contributed by atoms with Gasteiger partial charge < -0.3 is 14.2 Å². The van der Waals surface area contributed by atoms with Gasteiger partial charge in [0.25, 0.3) is 0 Å². The third-order valence-corrected chi connectivity index (χ3v) is 12.1. The molecule has 0 rings (SSSR count). The smallest absolute Gasteiger partial charge is 0.306 e. The number of carbonyl (C=O) groups excluding carboxylic acids is 3. The summed E-state index contributed by atoms with van der Waals surface area (Å²) in [7, 11) is 0. The highest BCUT2D eigenvalue weighted by Crippen LogP contribution is 2.12. The van der Waals surface area contributed by atoms with Crippen LogP contribution in [0.15, 0.2) is 194 Å². The van der Waals surface area contributed by atoms with Crippen molar-refractivity contribution in [2.24, 2.45) is 0 Å². The van der Waals surface area contributed by atoms with E-state index in [1.165, 1.54) is 0 Å². The second-order valence-electron chi connectivity index (χ2n) is 19.5. The standard InChI is InChI=1S/C73H110O6/c1-4-7-10-13-16-19-22-25-28-31-32-33-34-35-36-37-38-39-40-43-45-48-51-54-57-60-63-66-72(75)78-69-70(79-73(76)67-64-61-58-55-52-49-46-42-30-27-24-21-18-15-12-9-6-3)68-77-71(74)65-62-59-56-53-50-47-44-41-29-26-23-20-17-14-11-8-5-2/h7-12,16-21,25-30,32-33,35-36,38-39,43-47,49,55,58,70H,4-6,13-15,22-24,31,34,37,40-42,48,50-54,56-57,59-69H2,1-3H3/b10-7-,11-8-,12-9-,19-16-,20-17-,21-18-,28-25-,29-26-,30-27-,33-32-,36-35-,39-38-,45-43-,47-44-,49-46-,58-55-. The first-order valence-corrected chi connectivity index (χ1v) is 30.9. The van der Waals surface area contributed by atoms with Gasteiger partial charge in [-0.3, -0.25) is 14.4 Å². The molecule has 0 saturated carbocycles. The summed E-state index contributed by atoms with van der Waals surface area (Å²) >= 11 is 0. The van der Waals surface area contributed by atoms with Crippen molar-refractivity contribution in [2.45, 2.75) is 232 Å². The molecule has 0 N–H and O–H groups in total. The van der Waals surface area contributed by atoms with Crippen LogP contribution in [0.3, 0.4) is 0 Å². The second kappa shape index (κ2) is 64.8. The van der Waals surface area contributed by atoms with Crippen molar-refractivity contribution in [1.29, 1.82) is 0 Å². The molecule has 0 bridgehead atoms. The molecule has 1 atom stereocenters. The van der Waals surface area contributed by atoms with Crippen molar-refractivity contribution < 1.29 is 28.6 Å². The monoisotopic (exact) mass is 1080 g/mol. The molecule has 6 heteroatoms. The van der Waals surface area contributed by atoms with Gasteiger partial charge in [-0.25, -0.2) is 0 Å². The van der Waals surface area contributed by atoms with Gasteiger partial charge in [-0.15, -0.1) is 0 Å². The minimum atomic E-state index is -0.840. The molecule has 0 radical (unpaired) electrons. The van der Waals surface area contributed by atoms with Gasteiger partial charge in [-0.05, 0) is 154 Å². The zero-order chi connectivity index (χ0) is 57.1. The summed E-state index contributed by atoms with van der Waals surface area (Å²) in [4.78, 5) is 38.3. The summed E-state index contributed by atoms with van der Waals surface area (Å²) < 4.78 is 16.8. The number of ether oxygens (including phenoxy) is 3. The summed E-state index contributed by atoms with van der Waals surface area (Å²) in [5.74, 6) is -1.04. The molecule has 1 unspecified atom stereocenters. The first-order chi connectivity index (χ1) is 39.0. The van der Waals surface area contributed by atoms with Crippen molar-refractivity contribution in [3.8, 4) is 0 Å². The third kappa shape index (κ3) is 63.0. The predicted octanol–water partition coefficient (Wildman–Crippen LogP) is 21.4. The molecule has 0 saturated heterocycles. The van der Waals surface area contributed by atoms with Crippen LogP contribution in [0.1, 0.15) is 226 Å². The second-order valence-corrected chi connectivity index (χ2v) is 19.5. The lowest BCUT2D eigenvalue weighted by molar-refractivity contribution is -0.167. The number of hydrogen-bond acceptors (Lipinski definition) is 6. The van der Waals surface area contributed by atoms with E-state index >= 15 is 0 Å². The Morgan fingerprint density at radius 1 is 0.253 bits per heavy atom. The normalized spacial score (nSPS) is 13.5. The van der Waals surface area contributed by atoms with E-state index in [1.807, 2.05) is 0 Å². The van der Waals surface area contributed by atoms with Crippen molar-refractivity contribution in [3.05, 3.63) is 194 Å². The number of carbonyl (C=O) groups is 3. The molecular weight excluding hydrogens is 973 g/mol. The van der Waals surface area contributed by atoms with Gasteiger partial charge in [0.05, 0.1) is 0 Å². The van der Waals surface area contributed by atoms with E-state index in [1.54, 1.807) is 0 Å². The molecule has 0 aromatic carbocycles. The van der Waals surface area contributed by atoms with Crippen molar-refractivity contribution in [3.63, 3.8) is 0 Å². The molecule has 0 aliphatic rings. The Labute approximate surface area is 484 Å². The van der Waals surface area contributed by atoms with Crippen LogP contribution in [-0.2, 0) is 28.6 Å². The van der Waals surface area contributed by atoms with Gasteiger partial charge in [-0.2, -0.15) is 0 Å². The van der Waals surface area contributed by atoms with Crippen molar-refractivity contribution >= 4 is 17.9 Å². The summed E-state index contributed by atoms with van der Waals surface area (Å²) in [6.07, 6.45) is 98.6. The molecule has 79 heavy (non-hydrogen) atoms. The lowest BCUT2D eigenvalue weighted by Gasteiger charge is -2.18. The van der Waals surface area contributed by atoms with E-state index in [2.05, 4.69) is 215 Å². The first-order valence-electron chi connectivity index (χ1n) is 30.9. The van der Waals surface area contributed by atoms with Crippen molar-refractivity contribution in [1.82, 2.24) is 0 Å². The molecule has 0 aromatic rings. The summed E-state index contributed by atoms with van der Waals surface area (Å²) in [5, 5.41) is 0. The van der Waals surface area contributed by atoms with Gasteiger partial charge in [0.1, 0.15) is 13.2 Å². The molecular formula is C73H110O6. The Morgan fingerprint density at radius 3 is 0.747 bits per heavy atom. The number of rotatable bonds is 53. The van der Waals surface area contributed by atoms with Crippen LogP contribution >= 0.6 is 0 Å². The maximum Gasteiger partial charge on any atom is 0.306 e. The molecule has 0 aliphatic heterocycles. The highest BCUT2D eigenvalue weighted by atomic mass is 16.6. The van der Waals surface area contributed by atoms with Crippen LogP contribution < -0.4 is 0 Å². The highest BCUT2D eigenvalue weighted by molar-refractivity contribution is 5.71. The Hall–Kier alpha value is -5.75. The molecule has 0 fully saturated rings. The molecule has 0 amide bonds. The zero-order valence-corrected chi connectivity index (χ0v) is 50.0. The van der Waals surface area contributed by atoms with E-state index in [9.17, 15) is 14.4 Å². The van der Waals surface area contributed by atoms with Crippen molar-refractivity contribution in [2.75, 3.05) is 13.2 Å². The molecule has 0 spiro atoms. The summed E-state index contributed by atoms with van der Waals surface area (Å²) in [5.41, 5.74) is 0. The number of unbranched alkanes of at least 4 members (excludes halogenated alkanes) is 10. The van der Waals surface area contributed by atoms with Crippen LogP contribution in [0.25, 0.3) is 0 Å². The maximum atomic E-state index is 12.9. The van der Waals surface area contributed by atoms with Gasteiger partial charge in [0, 0.05) is 19.3 Å². The molecule has 0 heterocycles. The number of esters is 3. The minimum Gasteiger partial charge on any atom is -0.462 e. The fourth-order valence-corrected chi connectivity index (χ4v) is 7.57. The van der Waals surface area contributed by atoms with Gasteiger partial charge >= 0.3 is 17.9 Å². The summed E-state index contributed by atoms with van der Waals surface area (Å²) in [6.45, 7) is 6.19. The maximum absolute atomic E-state index is 12.9. The highest BCUT2D eigenvalue weighted by Gasteiger charge is 2.19. The fraction of sp³-hybridized carbons (Fsp3) is 0.521. The van der Waals surface area contributed by atoms with E-state index < -0.39 is 6.10 Å². The fourth-order valence-electron chi connectivity index (χ4n) is 7.57. The molecule has 0 aliphatic carbocycles. The number of hydrogen-bond donors (Lipinski definition) is 0. The first kappa shape index (κ1) is 73.2. The average molecular weight is 1080 g/mol. The lowest BCUT2D eigenvalue weighted by atomic mass is 10.1. The minimum absolute atomic E-state index is 0.130. The van der Waals surface area contributed by atoms with Gasteiger partial charge in [-0.1, -0.05) is 247 Å². The predicted molar refractivity (Wildman–Crippen MR) is 343 cm³/mol. The van der Waals surface area contributed by atoms with E-state index in [0.29, 0.717) is 19.3 Å². The SMILES string of the molecule is CC/C=C\C/C=C\C/C=C\C/C=C\C/C=C\C/C=C\C/C=C\CCCCCCCC(=O)OCC(COC(=O)CCCCCC/C=C\C/C=C\C/C=C\C/C=C\CC)OC(=O)CCC/C=C\C/C=C\C/C=C\C/C=C\C/C=C\CC. The molecule has 6 nitrogen and oxygen atoms in total. The number of allylic oxidation sites excluding steroid dienone is 32. The zero-order valence-electron chi connectivity index (χ0n) is 50.0. The van der Waals surface area contributed by atoms with E-state index in [4.69, 9.17) is 14.2 Å². The Balaban J connectivity index is 4.55. The largest absolute Gasteiger partial charge is 0.462 e. The van der Waals surface area contributed by atoms with Gasteiger partial charge in [0.15, 0.2) is 6.10 Å². The van der Waals surface area contributed by atoms with Crippen LogP contribution in [0.5, 0.6) is 0 Å². The Bertz CT molecular complexity index is 1920. The average Bonchev–Trinajstić information content (AvgIpc) is 3.45. The van der Waals surface area contributed by atoms with E-state index in [0.717, 1.165) is 180 Å². The van der Waals surface area contributed by atoms with Crippen LogP contribution in [-0.4, -0.2) is 37.2 Å². The quantitative estimate of drug-likeness (QED) is 0.0261. The van der Waals surface area contributed by atoms with Gasteiger partial charge in [0.2, 0.25) is 0 Å². The lowest BCUT2D eigenvalue weighted by Crippen LogP contribution is -2.30. The topological polar surface area (TPSA) is 78.9 Å². The third-order valence-electron chi connectivity index (χ3n) is 12.1. The molecule has 0 aromatic heterocycles. The van der Waals surface area contributed by atoms with Crippen LogP contribution in [0.2, 0.25) is 0 Å². The summed E-state index contributed by atoms with van der Waals surface area (Å²) in [6, 6.07) is 0. The van der Waals surface area contributed by atoms with Crippen LogP contribution in [0, 0.1) is 0 Å². The Morgan fingerprint density at radius 2 is 0.468 bits per heavy atom. The van der Waals surface area contributed by atoms with E-state index in [-0.39, 0.29) is 37.5 Å².